The lowest BCUT2D eigenvalue weighted by Gasteiger charge is -2.22. The summed E-state index contributed by atoms with van der Waals surface area (Å²) in [6.45, 7) is 16.1. The molecule has 0 aliphatic heterocycles. The molecule has 0 spiro atoms. The summed E-state index contributed by atoms with van der Waals surface area (Å²) in [4.78, 5) is 129. The van der Waals surface area contributed by atoms with Gasteiger partial charge in [0.2, 0.25) is 19.7 Å². The van der Waals surface area contributed by atoms with E-state index in [1.807, 2.05) is 24.3 Å². The van der Waals surface area contributed by atoms with E-state index in [1.165, 1.54) is 92.1 Å². The van der Waals surface area contributed by atoms with Crippen molar-refractivity contribution in [2.45, 2.75) is 156 Å². The van der Waals surface area contributed by atoms with Gasteiger partial charge >= 0.3 is 36.4 Å². The van der Waals surface area contributed by atoms with Crippen LogP contribution in [0.5, 0.6) is 0 Å². The van der Waals surface area contributed by atoms with Crippen LogP contribution in [-0.4, -0.2) is 110 Å². The van der Waals surface area contributed by atoms with E-state index >= 15 is 0 Å². The van der Waals surface area contributed by atoms with E-state index in [2.05, 4.69) is 56.7 Å². The number of anilines is 4. The number of aryl methyl sites for hydroxylation is 1. The van der Waals surface area contributed by atoms with Crippen LogP contribution in [0.2, 0.25) is 0 Å². The number of halogens is 10. The molecule has 0 saturated heterocycles. The Kier molecular flexibility index (Phi) is 32.9. The van der Waals surface area contributed by atoms with Crippen molar-refractivity contribution in [2.24, 2.45) is 22.9 Å². The molecular weight excluding hydrogens is 1760 g/mol. The third-order valence-corrected chi connectivity index (χ3v) is 24.8. The molecule has 0 fully saturated rings. The maximum absolute atomic E-state index is 12.8. The molecule has 8 aromatic rings. The van der Waals surface area contributed by atoms with Gasteiger partial charge in [-0.05, 0) is 187 Å². The van der Waals surface area contributed by atoms with Gasteiger partial charge in [-0.15, -0.1) is 58.0 Å². The number of amides is 8. The minimum atomic E-state index is -4.64. The first kappa shape index (κ1) is 97.6. The Morgan fingerprint density at radius 1 is 0.426 bits per heavy atom. The van der Waals surface area contributed by atoms with Crippen LogP contribution in [0.25, 0.3) is 0 Å². The SMILES string of the molecule is CC(=O)OC(C)(C)C(=O)Nc1sc(Br)cc1C(N)=O.CC(=O)OC(C)(C)C(=O)Nc1sc(S(=O)(=O)c2ccc(C(F)(F)F)cc2)cc1C(N)=O.CC(=O)OC(C)(C)C(=O)Nc1sc(Sc2ccc(C(F)(F)F)cc2)cc1C(N)=O.CC(C)(O)C(=O)Nc1sc(S(=O)(=O)c2ccc(C(F)(F)F)cc2)cc1C(N)=O.Cc1ccc(S)cc1. The predicted octanol–water partition coefficient (Wildman–Crippen LogP) is 13.9. The number of carbonyl (C=O) groups is 11. The number of thiophene rings is 4. The molecule has 8 rings (SSSR count). The molecule has 0 atom stereocenters. The fourth-order valence-corrected chi connectivity index (χ4v) is 17.7. The molecule has 4 heterocycles. The van der Waals surface area contributed by atoms with Crippen molar-refractivity contribution < 1.29 is 128 Å². The van der Waals surface area contributed by atoms with E-state index in [9.17, 15) is 114 Å². The van der Waals surface area contributed by atoms with Crippen molar-refractivity contribution in [1.82, 2.24) is 0 Å². The van der Waals surface area contributed by atoms with E-state index in [4.69, 9.17) is 37.1 Å². The zero-order valence-electron chi connectivity index (χ0n) is 61.7. The average molecular weight is 1830 g/mol. The highest BCUT2D eigenvalue weighted by Gasteiger charge is 2.39. The summed E-state index contributed by atoms with van der Waals surface area (Å²) in [6, 6.07) is 22.9. The number of aliphatic hydroxyl groups is 1. The van der Waals surface area contributed by atoms with Crippen molar-refractivity contribution in [3.8, 4) is 0 Å². The second-order valence-corrected chi connectivity index (χ2v) is 37.2. The summed E-state index contributed by atoms with van der Waals surface area (Å²) in [5.74, 6) is -8.45. The van der Waals surface area contributed by atoms with Gasteiger partial charge in [-0.1, -0.05) is 29.5 Å². The smallest absolute Gasteiger partial charge is 0.416 e. The van der Waals surface area contributed by atoms with Gasteiger partial charge in [-0.3, -0.25) is 52.7 Å². The van der Waals surface area contributed by atoms with Crippen molar-refractivity contribution >= 4 is 191 Å². The molecule has 8 amide bonds. The lowest BCUT2D eigenvalue weighted by Crippen LogP contribution is -2.41. The molecular formula is C70H70BrF9N8O19S8. The third kappa shape index (κ3) is 28.6. The van der Waals surface area contributed by atoms with Gasteiger partial charge in [0, 0.05) is 30.6 Å². The fourth-order valence-electron chi connectivity index (χ4n) is 8.37. The molecule has 622 valence electrons. The molecule has 0 saturated carbocycles. The Hall–Kier alpha value is -9.74. The zero-order valence-corrected chi connectivity index (χ0v) is 69.9. The van der Waals surface area contributed by atoms with Crippen LogP contribution < -0.4 is 44.2 Å². The first-order valence-electron chi connectivity index (χ1n) is 31.8. The predicted molar refractivity (Wildman–Crippen MR) is 415 cm³/mol. The fraction of sp³-hybridized carbons (Fsp3) is 0.271. The number of primary amides is 4. The largest absolute Gasteiger partial charge is 0.450 e. The van der Waals surface area contributed by atoms with E-state index in [-0.39, 0.29) is 37.3 Å². The number of nitrogens with two attached hydrogens (primary N) is 4. The average Bonchev–Trinajstić information content (AvgIpc) is 1.66. The standard InChI is InChI=1S/C18H17F3N2O6S2.C18H17F3N2O4S2.C16H15F3N2O5S2.C11H13BrN2O4S.C7H8S/c1-9(24)29-17(2,3)16(26)23-15-12(14(22)25)8-13(30-15)31(27,28)11-6-4-10(5-7-11)18(19,20)21;1-9(24)27-17(2,3)16(26)23-15-12(14(22)25)8-13(29-15)28-11-6-4-10(5-7-11)18(19,20)21;1-15(2,24)14(23)21-13-10(12(20)22)7-11(27-13)28(25,26)9-5-3-8(4-6-9)16(17,18)19;1-5(15)18-11(2,3)10(17)14-9-6(8(13)16)4-7(12)19-9;1-6-2-4-7(8)5-3-6/h4-8H,1-3H3,(H2,22,25)(H,23,26);4-8H,1-3H3,(H2,22,25)(H,23,26);3-7,24H,1-2H3,(H2,20,22)(H,21,23);4H,1-3H3,(H2,13,16)(H,14,17);2-5,8H,1H3. The first-order valence-corrected chi connectivity index (χ1v) is 40.1. The molecule has 0 radical (unpaired) electrons. The molecule has 115 heavy (non-hydrogen) atoms. The van der Waals surface area contributed by atoms with Crippen LogP contribution >= 0.6 is 85.7 Å². The molecule has 4 aromatic heterocycles. The summed E-state index contributed by atoms with van der Waals surface area (Å²) < 4.78 is 180. The van der Waals surface area contributed by atoms with Crippen LogP contribution in [0.15, 0.2) is 157 Å². The molecule has 45 heteroatoms. The second-order valence-electron chi connectivity index (χ2n) is 25.4. The summed E-state index contributed by atoms with van der Waals surface area (Å²) in [5.41, 5.74) is 12.8. The quantitative estimate of drug-likeness (QED) is 0.0138. The normalized spacial score (nSPS) is 11.8. The summed E-state index contributed by atoms with van der Waals surface area (Å²) in [5, 5.41) is 19.3. The molecule has 0 unspecified atom stereocenters. The molecule has 0 aliphatic carbocycles. The Labute approximate surface area is 684 Å². The Morgan fingerprint density at radius 2 is 0.704 bits per heavy atom. The lowest BCUT2D eigenvalue weighted by atomic mass is 10.1. The first-order chi connectivity index (χ1) is 52.4. The van der Waals surface area contributed by atoms with Gasteiger partial charge in [0.05, 0.1) is 56.7 Å². The van der Waals surface area contributed by atoms with Gasteiger partial charge in [0.1, 0.15) is 34.0 Å². The summed E-state index contributed by atoms with van der Waals surface area (Å²) >= 11 is 11.6. The van der Waals surface area contributed by atoms with E-state index in [1.54, 1.807) is 0 Å². The van der Waals surface area contributed by atoms with Crippen LogP contribution in [0, 0.1) is 6.92 Å². The minimum Gasteiger partial charge on any atom is -0.450 e. The lowest BCUT2D eigenvalue weighted by molar-refractivity contribution is -0.160. The van der Waals surface area contributed by atoms with Crippen LogP contribution in [-0.2, 0) is 86.0 Å². The summed E-state index contributed by atoms with van der Waals surface area (Å²) in [6.07, 6.45) is -13.7. The van der Waals surface area contributed by atoms with E-state index in [0.29, 0.717) is 64.8 Å². The van der Waals surface area contributed by atoms with Gasteiger partial charge in [-0.25, -0.2) is 16.8 Å². The van der Waals surface area contributed by atoms with Crippen molar-refractivity contribution in [3.05, 3.63) is 170 Å². The number of thiol groups is 1. The topological polar surface area (TPSA) is 456 Å². The van der Waals surface area contributed by atoms with Crippen LogP contribution in [0.1, 0.15) is 140 Å². The number of rotatable bonds is 21. The summed E-state index contributed by atoms with van der Waals surface area (Å²) in [7, 11) is -8.60. The maximum Gasteiger partial charge on any atom is 0.416 e. The number of hydrogen-bond acceptors (Lipinski definition) is 25. The molecule has 0 bridgehead atoms. The Balaban J connectivity index is 0.000000315. The molecule has 27 nitrogen and oxygen atoms in total. The zero-order chi connectivity index (χ0) is 88.0. The van der Waals surface area contributed by atoms with E-state index < -0.39 is 161 Å². The highest BCUT2D eigenvalue weighted by Crippen LogP contribution is 2.43. The maximum atomic E-state index is 12.8. The van der Waals surface area contributed by atoms with Crippen LogP contribution in [0.4, 0.5) is 59.5 Å². The molecule has 13 N–H and O–H groups in total. The van der Waals surface area contributed by atoms with Crippen molar-refractivity contribution in [3.63, 3.8) is 0 Å². The number of carbonyl (C=O) groups excluding carboxylic acids is 11. The Morgan fingerprint density at radius 3 is 0.991 bits per heavy atom. The monoisotopic (exact) mass is 1830 g/mol. The van der Waals surface area contributed by atoms with Gasteiger partial charge in [0.15, 0.2) is 16.8 Å². The second kappa shape index (κ2) is 38.8. The Bertz CT molecular complexity index is 5190. The number of alkyl halides is 9. The number of esters is 3. The van der Waals surface area contributed by atoms with Crippen LogP contribution in [0.3, 0.4) is 0 Å². The third-order valence-electron chi connectivity index (χ3n) is 14.1. The van der Waals surface area contributed by atoms with Gasteiger partial charge < -0.3 is 63.5 Å². The number of benzene rings is 4. The minimum absolute atomic E-state index is 0.0383. The number of ether oxygens (including phenoxy) is 3. The number of sulfone groups is 2. The van der Waals surface area contributed by atoms with Gasteiger partial charge in [0.25, 0.3) is 47.3 Å². The van der Waals surface area contributed by atoms with Crippen molar-refractivity contribution in [1.29, 1.82) is 0 Å². The van der Waals surface area contributed by atoms with E-state index in [0.717, 1.165) is 102 Å². The van der Waals surface area contributed by atoms with Gasteiger partial charge in [-0.2, -0.15) is 39.5 Å². The molecule has 0 aliphatic rings. The van der Waals surface area contributed by atoms with Crippen molar-refractivity contribution in [2.75, 3.05) is 21.3 Å². The number of hydrogen-bond donors (Lipinski definition) is 10. The highest BCUT2D eigenvalue weighted by molar-refractivity contribution is 9.11. The molecule has 4 aromatic carbocycles. The number of nitrogens with one attached hydrogen (secondary N) is 4. The highest BCUT2D eigenvalue weighted by atomic mass is 79.9.